The summed E-state index contributed by atoms with van der Waals surface area (Å²) in [5.74, 6) is 1.54. The Morgan fingerprint density at radius 2 is 1.94 bits per heavy atom. The van der Waals surface area contributed by atoms with Crippen LogP contribution in [0.5, 0.6) is 0 Å². The molecule has 35 heavy (non-hydrogen) atoms. The molecule has 3 aromatic heterocycles. The van der Waals surface area contributed by atoms with Crippen LogP contribution in [-0.2, 0) is 0 Å². The van der Waals surface area contributed by atoms with Gasteiger partial charge >= 0.3 is 11.8 Å². The molecule has 1 amide bonds. The average Bonchev–Trinajstić information content (AvgIpc) is 3.50. The summed E-state index contributed by atoms with van der Waals surface area (Å²) in [6.07, 6.45) is 8.26. The molecule has 0 aromatic carbocycles. The molecule has 4 aliphatic carbocycles. The summed E-state index contributed by atoms with van der Waals surface area (Å²) in [5, 5.41) is 19.0. The van der Waals surface area contributed by atoms with E-state index in [2.05, 4.69) is 35.3 Å². The maximum absolute atomic E-state index is 13.0. The monoisotopic (exact) mass is 478 g/mol. The van der Waals surface area contributed by atoms with Gasteiger partial charge in [-0.25, -0.2) is 9.97 Å². The fourth-order valence-corrected chi connectivity index (χ4v) is 7.15. The summed E-state index contributed by atoms with van der Waals surface area (Å²) < 4.78 is 5.42. The number of likely N-dealkylation sites (N-methyl/N-ethyl adjacent to an activating group) is 1. The van der Waals surface area contributed by atoms with Gasteiger partial charge in [-0.2, -0.15) is 4.98 Å². The van der Waals surface area contributed by atoms with Gasteiger partial charge < -0.3 is 29.7 Å². The van der Waals surface area contributed by atoms with E-state index in [1.807, 2.05) is 7.05 Å². The first-order valence-electron chi connectivity index (χ1n) is 12.6. The van der Waals surface area contributed by atoms with Crippen molar-refractivity contribution in [3.63, 3.8) is 0 Å². The number of anilines is 1. The van der Waals surface area contributed by atoms with Gasteiger partial charge in [0.1, 0.15) is 5.52 Å². The summed E-state index contributed by atoms with van der Waals surface area (Å²) >= 11 is 0. The van der Waals surface area contributed by atoms with E-state index in [4.69, 9.17) is 4.52 Å². The number of carbonyl (C=O) groups excluding carboxylic acids is 1. The highest BCUT2D eigenvalue weighted by molar-refractivity contribution is 5.95. The van der Waals surface area contributed by atoms with E-state index in [0.717, 1.165) is 50.9 Å². The predicted octanol–water partition coefficient (Wildman–Crippen LogP) is 1.75. The highest BCUT2D eigenvalue weighted by Crippen LogP contribution is 2.56. The Labute approximate surface area is 202 Å². The van der Waals surface area contributed by atoms with Gasteiger partial charge in [-0.05, 0) is 56.9 Å². The number of carbonyl (C=O) groups is 1. The lowest BCUT2D eigenvalue weighted by Crippen LogP contribution is -2.59. The Bertz CT molecular complexity index is 1260. The second-order valence-corrected chi connectivity index (χ2v) is 11.0. The molecule has 11 heteroatoms. The summed E-state index contributed by atoms with van der Waals surface area (Å²) in [6, 6.07) is 0.242. The molecular formula is C24H30N8O3. The van der Waals surface area contributed by atoms with E-state index in [0.29, 0.717) is 53.4 Å². The Kier molecular flexibility index (Phi) is 4.69. The number of fused-ring (bicyclic) bond motifs is 1. The molecular weight excluding hydrogens is 448 g/mol. The fraction of sp³-hybridized carbons (Fsp3) is 0.625. The molecule has 0 spiro atoms. The molecule has 0 radical (unpaired) electrons. The second-order valence-electron chi connectivity index (χ2n) is 11.0. The molecule has 4 saturated carbocycles. The van der Waals surface area contributed by atoms with Crippen molar-refractivity contribution in [3.05, 3.63) is 18.4 Å². The summed E-state index contributed by atoms with van der Waals surface area (Å²) in [6.45, 7) is 2.91. The van der Waals surface area contributed by atoms with E-state index >= 15 is 0 Å². The number of hydrogen-bond donors (Lipinski definition) is 3. The van der Waals surface area contributed by atoms with E-state index in [9.17, 15) is 9.90 Å². The van der Waals surface area contributed by atoms with Crippen LogP contribution in [0.2, 0.25) is 0 Å². The van der Waals surface area contributed by atoms with Crippen LogP contribution < -0.4 is 5.32 Å². The van der Waals surface area contributed by atoms with Gasteiger partial charge in [-0.3, -0.25) is 4.79 Å². The molecule has 4 bridgehead atoms. The van der Waals surface area contributed by atoms with Crippen LogP contribution >= 0.6 is 0 Å². The predicted molar refractivity (Wildman–Crippen MR) is 126 cm³/mol. The van der Waals surface area contributed by atoms with Crippen LogP contribution in [-0.4, -0.2) is 90.8 Å². The minimum atomic E-state index is -0.496. The third-order valence-corrected chi connectivity index (χ3v) is 8.64. The number of aromatic amines is 1. The normalized spacial score (nSPS) is 32.5. The van der Waals surface area contributed by atoms with Gasteiger partial charge in [0.25, 0.3) is 0 Å². The summed E-state index contributed by atoms with van der Waals surface area (Å²) in [4.78, 5) is 33.5. The molecule has 184 valence electrons. The van der Waals surface area contributed by atoms with E-state index < -0.39 is 5.60 Å². The van der Waals surface area contributed by atoms with Crippen molar-refractivity contribution in [1.82, 2.24) is 34.9 Å². The Morgan fingerprint density at radius 3 is 2.69 bits per heavy atom. The van der Waals surface area contributed by atoms with Gasteiger partial charge in [0.15, 0.2) is 5.65 Å². The Morgan fingerprint density at radius 1 is 1.17 bits per heavy atom. The third kappa shape index (κ3) is 3.51. The van der Waals surface area contributed by atoms with Gasteiger partial charge in [0, 0.05) is 38.4 Å². The lowest BCUT2D eigenvalue weighted by molar-refractivity contribution is -0.129. The number of aliphatic hydroxyl groups is 1. The molecule has 1 unspecified atom stereocenters. The van der Waals surface area contributed by atoms with Crippen LogP contribution in [0.15, 0.2) is 17.0 Å². The first-order chi connectivity index (χ1) is 17.0. The standard InChI is InChI=1S/C24H30N8O3/c1-31-2-4-32(5-3-31)23(33)22-29-20(30-35-22)16-11-25-21-19(26-12-27-21)18(16)28-17-14-6-13-7-15(17)10-24(34,8-13)9-14/h11-15,17,34H,2-10H2,1H3,(H2,25,26,27,28)/t13?,14-,15+,17+,24-. The number of imidazole rings is 1. The number of rotatable bonds is 4. The lowest BCUT2D eigenvalue weighted by atomic mass is 9.52. The SMILES string of the molecule is CN1CCN(C(=O)c2nc(-c3cnc4[nH]cnc4c3N[C@H]3[C@@H]4CC5C[C@H]3C[C@@](O)(C5)C4)no2)CC1. The lowest BCUT2D eigenvalue weighted by Gasteiger charge is -2.58. The average molecular weight is 479 g/mol. The smallest absolute Gasteiger partial charge is 0.316 e. The van der Waals surface area contributed by atoms with Crippen LogP contribution in [0.3, 0.4) is 0 Å². The molecule has 1 saturated heterocycles. The molecule has 5 aliphatic rings. The maximum Gasteiger partial charge on any atom is 0.316 e. The van der Waals surface area contributed by atoms with Crippen LogP contribution in [0, 0.1) is 17.8 Å². The molecule has 3 aromatic rings. The topological polar surface area (TPSA) is 136 Å². The first kappa shape index (κ1) is 21.3. The van der Waals surface area contributed by atoms with Crippen molar-refractivity contribution in [2.24, 2.45) is 17.8 Å². The zero-order valence-corrected chi connectivity index (χ0v) is 19.8. The Hall–Kier alpha value is -3.05. The number of piperazine rings is 1. The van der Waals surface area contributed by atoms with Crippen LogP contribution in [0.25, 0.3) is 22.6 Å². The number of nitrogens with one attached hydrogen (secondary N) is 2. The van der Waals surface area contributed by atoms with Gasteiger partial charge in [-0.1, -0.05) is 5.16 Å². The number of hydrogen-bond acceptors (Lipinski definition) is 9. The molecule has 4 heterocycles. The first-order valence-corrected chi connectivity index (χ1v) is 12.6. The van der Waals surface area contributed by atoms with Crippen molar-refractivity contribution < 1.29 is 14.4 Å². The van der Waals surface area contributed by atoms with Crippen molar-refractivity contribution in [1.29, 1.82) is 0 Å². The minimum absolute atomic E-state index is 0.00512. The van der Waals surface area contributed by atoms with E-state index in [1.165, 1.54) is 0 Å². The maximum atomic E-state index is 13.0. The minimum Gasteiger partial charge on any atom is -0.390 e. The Balaban J connectivity index is 1.21. The summed E-state index contributed by atoms with van der Waals surface area (Å²) in [5.41, 5.74) is 2.37. The van der Waals surface area contributed by atoms with Gasteiger partial charge in [-0.15, -0.1) is 0 Å². The van der Waals surface area contributed by atoms with Crippen molar-refractivity contribution in [2.75, 3.05) is 38.5 Å². The van der Waals surface area contributed by atoms with Crippen LogP contribution in [0.1, 0.15) is 42.8 Å². The quantitative estimate of drug-likeness (QED) is 0.512. The molecule has 8 rings (SSSR count). The highest BCUT2D eigenvalue weighted by Gasteiger charge is 2.54. The fourth-order valence-electron chi connectivity index (χ4n) is 7.15. The summed E-state index contributed by atoms with van der Waals surface area (Å²) in [7, 11) is 2.04. The number of pyridine rings is 1. The molecule has 5 fully saturated rings. The zero-order chi connectivity index (χ0) is 23.7. The third-order valence-electron chi connectivity index (χ3n) is 8.64. The second kappa shape index (κ2) is 7.72. The highest BCUT2D eigenvalue weighted by atomic mass is 16.5. The van der Waals surface area contributed by atoms with Gasteiger partial charge in [0.05, 0.1) is 23.2 Å². The number of amides is 1. The number of aromatic nitrogens is 5. The van der Waals surface area contributed by atoms with E-state index in [-0.39, 0.29) is 17.8 Å². The largest absolute Gasteiger partial charge is 0.390 e. The molecule has 5 atom stereocenters. The molecule has 11 nitrogen and oxygen atoms in total. The van der Waals surface area contributed by atoms with Crippen molar-refractivity contribution in [3.8, 4) is 11.4 Å². The number of nitrogens with zero attached hydrogens (tertiary/aromatic N) is 6. The number of H-pyrrole nitrogens is 1. The van der Waals surface area contributed by atoms with Crippen molar-refractivity contribution in [2.45, 2.75) is 43.7 Å². The van der Waals surface area contributed by atoms with Crippen LogP contribution in [0.4, 0.5) is 5.69 Å². The molecule has 1 aliphatic heterocycles. The molecule has 3 N–H and O–H groups in total. The zero-order valence-electron chi connectivity index (χ0n) is 19.8. The van der Waals surface area contributed by atoms with Gasteiger partial charge in [0.2, 0.25) is 5.82 Å². The van der Waals surface area contributed by atoms with E-state index in [1.54, 1.807) is 17.4 Å². The van der Waals surface area contributed by atoms with Crippen molar-refractivity contribution >= 4 is 22.8 Å².